The minimum atomic E-state index is -0.776. The molecule has 0 aromatic carbocycles. The maximum Gasteiger partial charge on any atom is 0.308 e. The largest absolute Gasteiger partial charge is 0.481 e. The molecule has 3 atom stereocenters. The van der Waals surface area contributed by atoms with Gasteiger partial charge >= 0.3 is 5.97 Å². The number of rotatable bonds is 3. The summed E-state index contributed by atoms with van der Waals surface area (Å²) < 4.78 is 0. The number of carbonyl (C=O) groups excluding carboxylic acids is 1. The molecule has 0 aliphatic carbocycles. The maximum absolute atomic E-state index is 11.9. The number of carbonyl (C=O) groups is 2. The van der Waals surface area contributed by atoms with Crippen molar-refractivity contribution in [2.24, 2.45) is 5.92 Å². The number of hydrogen-bond donors (Lipinski definition) is 1. The smallest absolute Gasteiger partial charge is 0.308 e. The Bertz CT molecular complexity index is 358. The third-order valence-electron chi connectivity index (χ3n) is 3.63. The van der Waals surface area contributed by atoms with Crippen LogP contribution < -0.4 is 0 Å². The number of hydrogen-bond acceptors (Lipinski definition) is 2. The van der Waals surface area contributed by atoms with Crippen LogP contribution in [0.4, 0.5) is 0 Å². The van der Waals surface area contributed by atoms with Crippen LogP contribution in [0.15, 0.2) is 0 Å². The monoisotopic (exact) mass is 221 g/mol. The summed E-state index contributed by atoms with van der Waals surface area (Å²) in [6, 6.07) is 0.0455. The van der Waals surface area contributed by atoms with E-state index in [9.17, 15) is 9.59 Å². The topological polar surface area (TPSA) is 57.6 Å². The molecule has 2 aliphatic rings. The number of amides is 1. The Labute approximate surface area is 94.6 Å². The molecule has 4 nitrogen and oxygen atoms in total. The van der Waals surface area contributed by atoms with E-state index in [0.717, 1.165) is 12.8 Å². The van der Waals surface area contributed by atoms with Gasteiger partial charge in [-0.05, 0) is 19.3 Å². The lowest BCUT2D eigenvalue weighted by Gasteiger charge is -2.22. The van der Waals surface area contributed by atoms with E-state index in [2.05, 4.69) is 5.92 Å². The van der Waals surface area contributed by atoms with Gasteiger partial charge in [0.1, 0.15) is 0 Å². The van der Waals surface area contributed by atoms with Crippen molar-refractivity contribution >= 4 is 11.9 Å². The number of aliphatic carboxylic acids is 1. The van der Waals surface area contributed by atoms with Crippen molar-refractivity contribution < 1.29 is 14.7 Å². The lowest BCUT2D eigenvalue weighted by atomic mass is 9.89. The lowest BCUT2D eigenvalue weighted by molar-refractivity contribution is -0.143. The molecule has 16 heavy (non-hydrogen) atoms. The Morgan fingerprint density at radius 3 is 2.75 bits per heavy atom. The zero-order chi connectivity index (χ0) is 11.7. The molecule has 0 saturated carbocycles. The van der Waals surface area contributed by atoms with Crippen molar-refractivity contribution in [3.05, 3.63) is 0 Å². The molecule has 2 heterocycles. The van der Waals surface area contributed by atoms with Gasteiger partial charge in [0.2, 0.25) is 5.91 Å². The number of nitrogens with zero attached hydrogens (tertiary/aromatic N) is 1. The van der Waals surface area contributed by atoms with Gasteiger partial charge in [0.25, 0.3) is 0 Å². The predicted octanol–water partition coefficient (Wildman–Crippen LogP) is 0.864. The standard InChI is InChI=1S/C12H15NO3/c1-2-3-4-11(14)13-8-5-6-10(13)9(7-8)12(15)16/h1,8-10H,3-7H2,(H,15,16). The maximum atomic E-state index is 11.9. The first-order chi connectivity index (χ1) is 7.65. The summed E-state index contributed by atoms with van der Waals surface area (Å²) in [6.07, 6.45) is 8.28. The number of terminal acetylenes is 1. The van der Waals surface area contributed by atoms with Crippen molar-refractivity contribution in [2.75, 3.05) is 0 Å². The molecule has 86 valence electrons. The van der Waals surface area contributed by atoms with Gasteiger partial charge in [-0.1, -0.05) is 0 Å². The molecular formula is C12H15NO3. The molecule has 0 aromatic rings. The Kier molecular flexibility index (Phi) is 2.86. The molecule has 4 heteroatoms. The molecule has 1 amide bonds. The molecule has 3 unspecified atom stereocenters. The van der Waals surface area contributed by atoms with Gasteiger partial charge in [0.15, 0.2) is 0 Å². The lowest BCUT2D eigenvalue weighted by Crippen LogP contribution is -2.37. The van der Waals surface area contributed by atoms with Crippen LogP contribution in [0.3, 0.4) is 0 Å². The van der Waals surface area contributed by atoms with Crippen LogP contribution in [0.2, 0.25) is 0 Å². The highest BCUT2D eigenvalue weighted by Gasteiger charge is 2.50. The fourth-order valence-electron chi connectivity index (χ4n) is 2.95. The summed E-state index contributed by atoms with van der Waals surface area (Å²) in [4.78, 5) is 24.6. The Hall–Kier alpha value is -1.50. The summed E-state index contributed by atoms with van der Waals surface area (Å²) in [7, 11) is 0. The average molecular weight is 221 g/mol. The molecule has 0 radical (unpaired) electrons. The number of carboxylic acid groups (broad SMARTS) is 1. The molecule has 2 saturated heterocycles. The van der Waals surface area contributed by atoms with Crippen molar-refractivity contribution in [2.45, 2.75) is 44.2 Å². The van der Waals surface area contributed by atoms with E-state index in [1.54, 1.807) is 4.90 Å². The molecule has 1 N–H and O–H groups in total. The first-order valence-corrected chi connectivity index (χ1v) is 5.62. The van der Waals surface area contributed by atoms with Crippen molar-refractivity contribution in [3.8, 4) is 12.3 Å². The van der Waals surface area contributed by atoms with E-state index in [1.165, 1.54) is 0 Å². The molecule has 2 rings (SSSR count). The summed E-state index contributed by atoms with van der Waals surface area (Å²) >= 11 is 0. The van der Waals surface area contributed by atoms with Gasteiger partial charge in [0.05, 0.1) is 5.92 Å². The van der Waals surface area contributed by atoms with Crippen LogP contribution in [-0.2, 0) is 9.59 Å². The molecule has 0 spiro atoms. The third kappa shape index (κ3) is 1.67. The number of fused-ring (bicyclic) bond motifs is 2. The second kappa shape index (κ2) is 4.17. The highest BCUT2D eigenvalue weighted by Crippen LogP contribution is 2.42. The van der Waals surface area contributed by atoms with Gasteiger partial charge in [-0.15, -0.1) is 12.3 Å². The predicted molar refractivity (Wildman–Crippen MR) is 57.5 cm³/mol. The second-order valence-electron chi connectivity index (χ2n) is 4.48. The summed E-state index contributed by atoms with van der Waals surface area (Å²) in [6.45, 7) is 0. The van der Waals surface area contributed by atoms with E-state index in [-0.39, 0.29) is 23.9 Å². The van der Waals surface area contributed by atoms with Crippen LogP contribution in [0.5, 0.6) is 0 Å². The fraction of sp³-hybridized carbons (Fsp3) is 0.667. The van der Waals surface area contributed by atoms with Crippen molar-refractivity contribution in [1.29, 1.82) is 0 Å². The van der Waals surface area contributed by atoms with Crippen molar-refractivity contribution in [3.63, 3.8) is 0 Å². The first-order valence-electron chi connectivity index (χ1n) is 5.62. The summed E-state index contributed by atoms with van der Waals surface area (Å²) in [5.41, 5.74) is 0. The minimum Gasteiger partial charge on any atom is -0.481 e. The first kappa shape index (κ1) is 11.0. The van der Waals surface area contributed by atoms with Gasteiger partial charge in [-0.25, -0.2) is 0 Å². The fourth-order valence-corrected chi connectivity index (χ4v) is 2.95. The zero-order valence-corrected chi connectivity index (χ0v) is 9.06. The van der Waals surface area contributed by atoms with Crippen LogP contribution in [0.1, 0.15) is 32.1 Å². The van der Waals surface area contributed by atoms with Gasteiger partial charge < -0.3 is 10.0 Å². The second-order valence-corrected chi connectivity index (χ2v) is 4.48. The van der Waals surface area contributed by atoms with Gasteiger partial charge in [-0.3, -0.25) is 9.59 Å². The molecular weight excluding hydrogens is 206 g/mol. The molecule has 2 fully saturated rings. The van der Waals surface area contributed by atoms with E-state index < -0.39 is 5.97 Å². The molecule has 2 bridgehead atoms. The quantitative estimate of drug-likeness (QED) is 0.719. The normalized spacial score (nSPS) is 31.4. The van der Waals surface area contributed by atoms with Gasteiger partial charge in [0, 0.05) is 24.9 Å². The summed E-state index contributed by atoms with van der Waals surface area (Å²) in [5, 5.41) is 9.04. The Balaban J connectivity index is 2.05. The number of carboxylic acids is 1. The average Bonchev–Trinajstić information content (AvgIpc) is 2.82. The van der Waals surface area contributed by atoms with Crippen LogP contribution in [-0.4, -0.2) is 34.0 Å². The van der Waals surface area contributed by atoms with E-state index in [1.807, 2.05) is 0 Å². The Morgan fingerprint density at radius 1 is 1.44 bits per heavy atom. The highest BCUT2D eigenvalue weighted by atomic mass is 16.4. The van der Waals surface area contributed by atoms with E-state index >= 15 is 0 Å². The Morgan fingerprint density at radius 2 is 2.19 bits per heavy atom. The van der Waals surface area contributed by atoms with Crippen LogP contribution >= 0.6 is 0 Å². The van der Waals surface area contributed by atoms with Crippen molar-refractivity contribution in [1.82, 2.24) is 4.90 Å². The van der Waals surface area contributed by atoms with Crippen LogP contribution in [0, 0.1) is 18.3 Å². The third-order valence-corrected chi connectivity index (χ3v) is 3.63. The molecule has 2 aliphatic heterocycles. The van der Waals surface area contributed by atoms with Crippen LogP contribution in [0.25, 0.3) is 0 Å². The van der Waals surface area contributed by atoms with Gasteiger partial charge in [-0.2, -0.15) is 0 Å². The van der Waals surface area contributed by atoms with E-state index in [0.29, 0.717) is 19.3 Å². The van der Waals surface area contributed by atoms with E-state index in [4.69, 9.17) is 11.5 Å². The highest BCUT2D eigenvalue weighted by molar-refractivity contribution is 5.80. The minimum absolute atomic E-state index is 0.0224. The summed E-state index contributed by atoms with van der Waals surface area (Å²) in [5.74, 6) is 1.32. The SMILES string of the molecule is C#CCCC(=O)N1C2CCC1C(C(=O)O)C2. The zero-order valence-electron chi connectivity index (χ0n) is 9.06. The molecule has 0 aromatic heterocycles.